The van der Waals surface area contributed by atoms with Crippen molar-refractivity contribution < 1.29 is 14.7 Å². The average molecular weight is 299 g/mol. The topological polar surface area (TPSA) is 81.7 Å². The van der Waals surface area contributed by atoms with Crippen molar-refractivity contribution in [1.29, 1.82) is 0 Å². The summed E-state index contributed by atoms with van der Waals surface area (Å²) in [4.78, 5) is 25.7. The summed E-state index contributed by atoms with van der Waals surface area (Å²) in [6, 6.07) is 2.00. The van der Waals surface area contributed by atoms with Crippen LogP contribution in [-0.4, -0.2) is 48.2 Å². The van der Waals surface area contributed by atoms with Crippen LogP contribution in [0.3, 0.4) is 0 Å². The van der Waals surface area contributed by atoms with Gasteiger partial charge in [-0.05, 0) is 24.5 Å². The fourth-order valence-electron chi connectivity index (χ4n) is 1.76. The first-order valence-corrected chi connectivity index (χ1v) is 7.49. The van der Waals surface area contributed by atoms with Gasteiger partial charge in [0.25, 0.3) is 0 Å². The molecule has 3 N–H and O–H groups in total. The third-order valence-corrected chi connectivity index (χ3v) is 3.90. The Hall–Kier alpha value is -1.60. The molecule has 6 nitrogen and oxygen atoms in total. The summed E-state index contributed by atoms with van der Waals surface area (Å²) in [6.45, 7) is 7.20. The van der Waals surface area contributed by atoms with Gasteiger partial charge in [-0.25, -0.2) is 9.59 Å². The van der Waals surface area contributed by atoms with Gasteiger partial charge in [0.05, 0.1) is 0 Å². The Balaban J connectivity index is 2.42. The molecule has 0 aliphatic rings. The van der Waals surface area contributed by atoms with Gasteiger partial charge < -0.3 is 20.6 Å². The Morgan fingerprint density at radius 3 is 2.60 bits per heavy atom. The first kappa shape index (κ1) is 16.5. The predicted molar refractivity (Wildman–Crippen MR) is 79.0 cm³/mol. The molecule has 0 aliphatic carbocycles. The minimum Gasteiger partial charge on any atom is -0.479 e. The lowest BCUT2D eigenvalue weighted by molar-refractivity contribution is -0.139. The molecule has 1 heterocycles. The van der Waals surface area contributed by atoms with E-state index in [0.29, 0.717) is 11.4 Å². The number of nitrogens with one attached hydrogen (secondary N) is 2. The molecule has 1 aromatic rings. The number of rotatable bonds is 8. The van der Waals surface area contributed by atoms with Gasteiger partial charge in [-0.1, -0.05) is 19.9 Å². The molecular formula is C13H21N3O3S. The molecule has 1 unspecified atom stereocenters. The van der Waals surface area contributed by atoms with Crippen LogP contribution in [0.2, 0.25) is 0 Å². The van der Waals surface area contributed by atoms with E-state index >= 15 is 0 Å². The molecule has 7 heteroatoms. The van der Waals surface area contributed by atoms with Gasteiger partial charge in [-0.3, -0.25) is 0 Å². The third kappa shape index (κ3) is 5.18. The molecule has 0 radical (unpaired) electrons. The number of carbonyl (C=O) groups excluding carboxylic acids is 1. The number of hydrogen-bond acceptors (Lipinski definition) is 4. The molecule has 1 aromatic heterocycles. The number of carboxylic acid groups (broad SMARTS) is 1. The van der Waals surface area contributed by atoms with E-state index in [-0.39, 0.29) is 0 Å². The number of carboxylic acids is 1. The summed E-state index contributed by atoms with van der Waals surface area (Å²) in [7, 11) is 0. The molecule has 0 saturated heterocycles. The van der Waals surface area contributed by atoms with E-state index in [1.807, 2.05) is 0 Å². The van der Waals surface area contributed by atoms with E-state index in [4.69, 9.17) is 5.11 Å². The largest absolute Gasteiger partial charge is 0.479 e. The molecule has 0 aromatic carbocycles. The second-order valence-electron chi connectivity index (χ2n) is 4.21. The van der Waals surface area contributed by atoms with E-state index in [1.54, 1.807) is 17.5 Å². The van der Waals surface area contributed by atoms with Crippen molar-refractivity contribution in [1.82, 2.24) is 15.5 Å². The van der Waals surface area contributed by atoms with Gasteiger partial charge in [0.1, 0.15) is 0 Å². The van der Waals surface area contributed by atoms with E-state index in [0.717, 1.165) is 19.6 Å². The van der Waals surface area contributed by atoms with E-state index in [9.17, 15) is 9.59 Å². The first-order valence-electron chi connectivity index (χ1n) is 6.61. The fourth-order valence-corrected chi connectivity index (χ4v) is 2.53. The lowest BCUT2D eigenvalue weighted by Crippen LogP contribution is -2.43. The molecular weight excluding hydrogens is 278 g/mol. The highest BCUT2D eigenvalue weighted by Gasteiger charge is 2.22. The minimum atomic E-state index is -1.06. The third-order valence-electron chi connectivity index (χ3n) is 2.96. The number of urea groups is 1. The second-order valence-corrected chi connectivity index (χ2v) is 5.19. The highest BCUT2D eigenvalue weighted by molar-refractivity contribution is 7.10. The molecule has 20 heavy (non-hydrogen) atoms. The number of hydrogen-bond donors (Lipinski definition) is 3. The van der Waals surface area contributed by atoms with E-state index < -0.39 is 18.0 Å². The zero-order chi connectivity index (χ0) is 15.0. The minimum absolute atomic E-state index is 0.460. The molecule has 2 amide bonds. The van der Waals surface area contributed by atoms with Crippen LogP contribution in [0.4, 0.5) is 4.79 Å². The number of amides is 2. The van der Waals surface area contributed by atoms with Gasteiger partial charge >= 0.3 is 12.0 Å². The van der Waals surface area contributed by atoms with Crippen molar-refractivity contribution in [3.8, 4) is 0 Å². The lowest BCUT2D eigenvalue weighted by Gasteiger charge is -2.19. The Labute approximate surface area is 122 Å². The zero-order valence-corrected chi connectivity index (χ0v) is 12.6. The highest BCUT2D eigenvalue weighted by atomic mass is 32.1. The predicted octanol–water partition coefficient (Wildman–Crippen LogP) is 1.51. The highest BCUT2D eigenvalue weighted by Crippen LogP contribution is 2.18. The molecule has 0 bridgehead atoms. The van der Waals surface area contributed by atoms with Gasteiger partial charge in [-0.15, -0.1) is 11.3 Å². The van der Waals surface area contributed by atoms with Crippen LogP contribution >= 0.6 is 11.3 Å². The van der Waals surface area contributed by atoms with Crippen LogP contribution in [-0.2, 0) is 4.79 Å². The molecule has 112 valence electrons. The van der Waals surface area contributed by atoms with Gasteiger partial charge in [0, 0.05) is 18.0 Å². The molecule has 0 fully saturated rings. The van der Waals surface area contributed by atoms with Gasteiger partial charge in [0.2, 0.25) is 0 Å². The Bertz CT molecular complexity index is 419. The Morgan fingerprint density at radius 1 is 1.40 bits per heavy atom. The first-order chi connectivity index (χ1) is 9.58. The number of aliphatic carboxylic acids is 1. The molecule has 0 spiro atoms. The number of thiophene rings is 1. The summed E-state index contributed by atoms with van der Waals surface area (Å²) in [6.07, 6.45) is 0. The van der Waals surface area contributed by atoms with E-state index in [1.165, 1.54) is 11.3 Å². The SMILES string of the molecule is CCN(CC)CCNC(=O)NC(C(=O)O)c1cccs1. The molecule has 0 saturated carbocycles. The van der Waals surface area contributed by atoms with Crippen LogP contribution < -0.4 is 10.6 Å². The maximum absolute atomic E-state index is 11.7. The average Bonchev–Trinajstić information content (AvgIpc) is 2.94. The summed E-state index contributed by atoms with van der Waals surface area (Å²) in [5.74, 6) is -1.06. The maximum atomic E-state index is 11.7. The van der Waals surface area contributed by atoms with Crippen molar-refractivity contribution >= 4 is 23.3 Å². The quantitative estimate of drug-likeness (QED) is 0.679. The standard InChI is InChI=1S/C13H21N3O3S/c1-3-16(4-2)8-7-14-13(19)15-11(12(17)18)10-6-5-9-20-10/h5-6,9,11H,3-4,7-8H2,1-2H3,(H,17,18)(H2,14,15,19). The Morgan fingerprint density at radius 2 is 2.10 bits per heavy atom. The zero-order valence-electron chi connectivity index (χ0n) is 11.8. The number of likely N-dealkylation sites (N-methyl/N-ethyl adjacent to an activating group) is 1. The summed E-state index contributed by atoms with van der Waals surface area (Å²) < 4.78 is 0. The lowest BCUT2D eigenvalue weighted by atomic mass is 10.2. The number of nitrogens with zero attached hydrogens (tertiary/aromatic N) is 1. The smallest absolute Gasteiger partial charge is 0.331 e. The van der Waals surface area contributed by atoms with Crippen LogP contribution in [0.15, 0.2) is 17.5 Å². The van der Waals surface area contributed by atoms with Crippen LogP contribution in [0, 0.1) is 0 Å². The number of carbonyl (C=O) groups is 2. The van der Waals surface area contributed by atoms with Crippen molar-refractivity contribution in [2.24, 2.45) is 0 Å². The second kappa shape index (κ2) is 8.55. The van der Waals surface area contributed by atoms with Gasteiger partial charge in [0.15, 0.2) is 6.04 Å². The molecule has 1 rings (SSSR count). The fraction of sp³-hybridized carbons (Fsp3) is 0.538. The van der Waals surface area contributed by atoms with E-state index in [2.05, 4.69) is 29.4 Å². The van der Waals surface area contributed by atoms with Crippen molar-refractivity contribution in [3.63, 3.8) is 0 Å². The normalized spacial score (nSPS) is 12.2. The van der Waals surface area contributed by atoms with Crippen molar-refractivity contribution in [3.05, 3.63) is 22.4 Å². The van der Waals surface area contributed by atoms with Crippen LogP contribution in [0.5, 0.6) is 0 Å². The molecule has 1 atom stereocenters. The van der Waals surface area contributed by atoms with Crippen LogP contribution in [0.1, 0.15) is 24.8 Å². The monoisotopic (exact) mass is 299 g/mol. The van der Waals surface area contributed by atoms with Crippen molar-refractivity contribution in [2.75, 3.05) is 26.2 Å². The summed E-state index contributed by atoms with van der Waals surface area (Å²) in [5, 5.41) is 16.1. The summed E-state index contributed by atoms with van der Waals surface area (Å²) >= 11 is 1.31. The summed E-state index contributed by atoms with van der Waals surface area (Å²) in [5.41, 5.74) is 0. The Kier molecular flexibility index (Phi) is 7.03. The maximum Gasteiger partial charge on any atom is 0.331 e. The van der Waals surface area contributed by atoms with Crippen LogP contribution in [0.25, 0.3) is 0 Å². The molecule has 0 aliphatic heterocycles. The van der Waals surface area contributed by atoms with Crippen molar-refractivity contribution in [2.45, 2.75) is 19.9 Å². The van der Waals surface area contributed by atoms with Gasteiger partial charge in [-0.2, -0.15) is 0 Å².